The summed E-state index contributed by atoms with van der Waals surface area (Å²) in [6.07, 6.45) is 0. The van der Waals surface area contributed by atoms with Crippen LogP contribution in [0.25, 0.3) is 10.7 Å². The first-order valence-corrected chi connectivity index (χ1v) is 10.2. The van der Waals surface area contributed by atoms with Gasteiger partial charge in [0.1, 0.15) is 0 Å². The second kappa shape index (κ2) is 9.01. The van der Waals surface area contributed by atoms with Gasteiger partial charge < -0.3 is 14.2 Å². The van der Waals surface area contributed by atoms with E-state index in [1.807, 2.05) is 17.5 Å². The Labute approximate surface area is 175 Å². The van der Waals surface area contributed by atoms with Crippen LogP contribution in [0, 0.1) is 10.1 Å². The number of ether oxygens (including phenoxy) is 1. The van der Waals surface area contributed by atoms with Crippen LogP contribution in [0.4, 0.5) is 5.69 Å². The van der Waals surface area contributed by atoms with Gasteiger partial charge in [-0.05, 0) is 17.5 Å². The molecule has 0 atom stereocenters. The van der Waals surface area contributed by atoms with E-state index >= 15 is 0 Å². The molecule has 1 aliphatic rings. The normalized spacial score (nSPS) is 14.6. The average molecular weight is 429 g/mol. The summed E-state index contributed by atoms with van der Waals surface area (Å²) in [6, 6.07) is 9.89. The molecule has 0 spiro atoms. The standard InChI is InChI=1S/C19H19N5O5S/c25-18(13-28-15-5-2-1-4-14(15)24(26)27)23-9-7-22(8-10-23)12-17-20-19(21-29-17)16-6-3-11-30-16/h1-6,11H,7-10,12-13H2. The van der Waals surface area contributed by atoms with Crippen LogP contribution in [0.1, 0.15) is 5.89 Å². The minimum Gasteiger partial charge on any atom is -0.477 e. The predicted molar refractivity (Wildman–Crippen MR) is 108 cm³/mol. The van der Waals surface area contributed by atoms with E-state index in [1.54, 1.807) is 28.4 Å². The Balaban J connectivity index is 1.25. The molecule has 30 heavy (non-hydrogen) atoms. The quantitative estimate of drug-likeness (QED) is 0.415. The van der Waals surface area contributed by atoms with Crippen molar-refractivity contribution in [2.24, 2.45) is 0 Å². The summed E-state index contributed by atoms with van der Waals surface area (Å²) >= 11 is 1.55. The molecule has 3 aromatic rings. The van der Waals surface area contributed by atoms with Crippen molar-refractivity contribution in [3.63, 3.8) is 0 Å². The maximum atomic E-state index is 12.4. The van der Waals surface area contributed by atoms with Crippen molar-refractivity contribution in [2.75, 3.05) is 32.8 Å². The van der Waals surface area contributed by atoms with E-state index in [0.29, 0.717) is 44.4 Å². The molecule has 11 heteroatoms. The molecule has 1 aliphatic heterocycles. The molecule has 1 saturated heterocycles. The molecule has 0 N–H and O–H groups in total. The van der Waals surface area contributed by atoms with E-state index < -0.39 is 4.92 Å². The molecular formula is C19H19N5O5S. The van der Waals surface area contributed by atoms with Crippen molar-refractivity contribution >= 4 is 22.9 Å². The van der Waals surface area contributed by atoms with Crippen LogP contribution < -0.4 is 4.74 Å². The lowest BCUT2D eigenvalue weighted by atomic mass is 10.3. The van der Waals surface area contributed by atoms with Gasteiger partial charge >= 0.3 is 5.69 Å². The molecule has 0 saturated carbocycles. The van der Waals surface area contributed by atoms with Gasteiger partial charge in [-0.1, -0.05) is 23.4 Å². The first-order chi connectivity index (χ1) is 14.6. The highest BCUT2D eigenvalue weighted by molar-refractivity contribution is 7.13. The van der Waals surface area contributed by atoms with Gasteiger partial charge in [0, 0.05) is 32.2 Å². The van der Waals surface area contributed by atoms with Gasteiger partial charge in [0.15, 0.2) is 12.4 Å². The van der Waals surface area contributed by atoms with Crippen LogP contribution in [0.5, 0.6) is 5.75 Å². The van der Waals surface area contributed by atoms with Gasteiger partial charge in [0.05, 0.1) is 16.3 Å². The predicted octanol–water partition coefficient (Wildman–Crippen LogP) is 2.43. The molecule has 10 nitrogen and oxygen atoms in total. The highest BCUT2D eigenvalue weighted by Gasteiger charge is 2.24. The van der Waals surface area contributed by atoms with E-state index in [4.69, 9.17) is 9.26 Å². The average Bonchev–Trinajstić information content (AvgIpc) is 3.45. The topological polar surface area (TPSA) is 115 Å². The van der Waals surface area contributed by atoms with Crippen molar-refractivity contribution in [1.29, 1.82) is 0 Å². The number of hydrogen-bond donors (Lipinski definition) is 0. The zero-order chi connectivity index (χ0) is 20.9. The van der Waals surface area contributed by atoms with Crippen molar-refractivity contribution in [1.82, 2.24) is 19.9 Å². The SMILES string of the molecule is O=C(COc1ccccc1[N+](=O)[O-])N1CCN(Cc2nc(-c3cccs3)no2)CC1. The lowest BCUT2D eigenvalue weighted by Gasteiger charge is -2.33. The van der Waals surface area contributed by atoms with Gasteiger partial charge in [-0.25, -0.2) is 0 Å². The molecule has 0 bridgehead atoms. The van der Waals surface area contributed by atoms with Crippen LogP contribution in [0.3, 0.4) is 0 Å². The van der Waals surface area contributed by atoms with Gasteiger partial charge in [-0.15, -0.1) is 11.3 Å². The fourth-order valence-electron chi connectivity index (χ4n) is 3.13. The molecule has 0 unspecified atom stereocenters. The van der Waals surface area contributed by atoms with E-state index in [-0.39, 0.29) is 24.0 Å². The van der Waals surface area contributed by atoms with Crippen LogP contribution in [0.15, 0.2) is 46.3 Å². The van der Waals surface area contributed by atoms with Crippen molar-refractivity contribution in [2.45, 2.75) is 6.54 Å². The number of aromatic nitrogens is 2. The number of nitro benzene ring substituents is 1. The molecule has 1 aromatic carbocycles. The largest absolute Gasteiger partial charge is 0.477 e. The van der Waals surface area contributed by atoms with Gasteiger partial charge in [-0.3, -0.25) is 19.8 Å². The Morgan fingerprint density at radius 2 is 2.00 bits per heavy atom. The van der Waals surface area contributed by atoms with Crippen LogP contribution in [0.2, 0.25) is 0 Å². The van der Waals surface area contributed by atoms with E-state index in [9.17, 15) is 14.9 Å². The molecule has 1 fully saturated rings. The molecule has 156 valence electrons. The third-order valence-electron chi connectivity index (χ3n) is 4.71. The van der Waals surface area contributed by atoms with Gasteiger partial charge in [-0.2, -0.15) is 4.98 Å². The Bertz CT molecular complexity index is 1010. The van der Waals surface area contributed by atoms with Crippen LogP contribution >= 0.6 is 11.3 Å². The smallest absolute Gasteiger partial charge is 0.310 e. The lowest BCUT2D eigenvalue weighted by molar-refractivity contribution is -0.385. The Morgan fingerprint density at radius 3 is 2.73 bits per heavy atom. The summed E-state index contributed by atoms with van der Waals surface area (Å²) < 4.78 is 10.7. The first kappa shape index (κ1) is 20.0. The molecule has 0 radical (unpaired) electrons. The summed E-state index contributed by atoms with van der Waals surface area (Å²) in [5, 5.41) is 17.0. The number of amides is 1. The fourth-order valence-corrected chi connectivity index (χ4v) is 3.78. The highest BCUT2D eigenvalue weighted by atomic mass is 32.1. The molecular weight excluding hydrogens is 410 g/mol. The fraction of sp³-hybridized carbons (Fsp3) is 0.316. The molecule has 0 aliphatic carbocycles. The first-order valence-electron chi connectivity index (χ1n) is 9.33. The maximum absolute atomic E-state index is 12.4. The molecule has 4 rings (SSSR count). The highest BCUT2D eigenvalue weighted by Crippen LogP contribution is 2.26. The number of carbonyl (C=O) groups is 1. The number of hydrogen-bond acceptors (Lipinski definition) is 9. The third kappa shape index (κ3) is 4.63. The number of nitro groups is 1. The van der Waals surface area contributed by atoms with Gasteiger partial charge in [0.25, 0.3) is 5.91 Å². The monoisotopic (exact) mass is 429 g/mol. The third-order valence-corrected chi connectivity index (χ3v) is 5.57. The lowest BCUT2D eigenvalue weighted by Crippen LogP contribution is -2.49. The second-order valence-electron chi connectivity index (χ2n) is 6.66. The minimum absolute atomic E-state index is 0.0902. The number of thiophene rings is 1. The molecule has 3 heterocycles. The number of para-hydroxylation sites is 2. The van der Waals surface area contributed by atoms with Crippen molar-refractivity contribution < 1.29 is 19.0 Å². The van der Waals surface area contributed by atoms with Crippen LogP contribution in [-0.4, -0.2) is 63.6 Å². The van der Waals surface area contributed by atoms with Crippen LogP contribution in [-0.2, 0) is 11.3 Å². The number of piperazine rings is 1. The van der Waals surface area contributed by atoms with Crippen molar-refractivity contribution in [3.8, 4) is 16.5 Å². The number of benzene rings is 1. The second-order valence-corrected chi connectivity index (χ2v) is 7.61. The summed E-state index contributed by atoms with van der Waals surface area (Å²) in [4.78, 5) is 32.1. The molecule has 1 amide bonds. The Hall–Kier alpha value is -3.31. The zero-order valence-electron chi connectivity index (χ0n) is 16.0. The van der Waals surface area contributed by atoms with E-state index in [0.717, 1.165) is 4.88 Å². The van der Waals surface area contributed by atoms with Crippen molar-refractivity contribution in [3.05, 3.63) is 57.8 Å². The number of nitrogens with zero attached hydrogens (tertiary/aromatic N) is 5. The zero-order valence-corrected chi connectivity index (χ0v) is 16.8. The van der Waals surface area contributed by atoms with E-state index in [1.165, 1.54) is 12.1 Å². The van der Waals surface area contributed by atoms with E-state index in [2.05, 4.69) is 15.0 Å². The Kier molecular flexibility index (Phi) is 6.00. The summed E-state index contributed by atoms with van der Waals surface area (Å²) in [5.74, 6) is 1.01. The number of carbonyl (C=O) groups excluding carboxylic acids is 1. The maximum Gasteiger partial charge on any atom is 0.310 e. The summed E-state index contributed by atoms with van der Waals surface area (Å²) in [5.41, 5.74) is -0.156. The number of rotatable bonds is 7. The molecule has 2 aromatic heterocycles. The summed E-state index contributed by atoms with van der Waals surface area (Å²) in [6.45, 7) is 2.67. The minimum atomic E-state index is -0.528. The Morgan fingerprint density at radius 1 is 1.20 bits per heavy atom. The summed E-state index contributed by atoms with van der Waals surface area (Å²) in [7, 11) is 0. The van der Waals surface area contributed by atoms with Gasteiger partial charge in [0.2, 0.25) is 11.7 Å².